The molecule has 0 saturated heterocycles. The van der Waals surface area contributed by atoms with Crippen LogP contribution in [-0.4, -0.2) is 38.9 Å². The summed E-state index contributed by atoms with van der Waals surface area (Å²) in [5.74, 6) is 0.855. The van der Waals surface area contributed by atoms with Crippen LogP contribution in [-0.2, 0) is 33.8 Å². The second-order valence-corrected chi connectivity index (χ2v) is 14.9. The molecule has 2 atom stereocenters. The van der Waals surface area contributed by atoms with E-state index in [1.165, 1.54) is 11.1 Å². The van der Waals surface area contributed by atoms with Crippen molar-refractivity contribution in [3.05, 3.63) is 101 Å². The maximum absolute atomic E-state index is 13.4. The van der Waals surface area contributed by atoms with Crippen LogP contribution >= 0.6 is 0 Å². The zero-order valence-electron chi connectivity index (χ0n) is 27.1. The third-order valence-corrected chi connectivity index (χ3v) is 9.65. The van der Waals surface area contributed by atoms with E-state index in [1.807, 2.05) is 0 Å². The molecule has 0 aliphatic heterocycles. The fourth-order valence-corrected chi connectivity index (χ4v) is 7.47. The van der Waals surface area contributed by atoms with Gasteiger partial charge in [0.1, 0.15) is 0 Å². The molecular formula is C36H46F3N3O3S. The molecule has 3 aromatic rings. The maximum Gasteiger partial charge on any atom is 0.416 e. The molecule has 46 heavy (non-hydrogen) atoms. The summed E-state index contributed by atoms with van der Waals surface area (Å²) < 4.78 is 68.8. The van der Waals surface area contributed by atoms with E-state index in [-0.39, 0.29) is 18.4 Å². The van der Waals surface area contributed by atoms with E-state index in [0.29, 0.717) is 23.5 Å². The van der Waals surface area contributed by atoms with Gasteiger partial charge >= 0.3 is 6.18 Å². The summed E-state index contributed by atoms with van der Waals surface area (Å²) in [6.07, 6.45) is -1.34. The number of amides is 1. The van der Waals surface area contributed by atoms with E-state index in [1.54, 1.807) is 30.3 Å². The van der Waals surface area contributed by atoms with E-state index in [2.05, 4.69) is 60.8 Å². The molecule has 0 spiro atoms. The van der Waals surface area contributed by atoms with E-state index >= 15 is 0 Å². The van der Waals surface area contributed by atoms with Crippen molar-refractivity contribution in [2.75, 3.05) is 19.6 Å². The normalized spacial score (nSPS) is 16.1. The molecule has 6 nitrogen and oxygen atoms in total. The number of hydrogen-bond acceptors (Lipinski definition) is 4. The molecule has 0 radical (unpaired) electrons. The van der Waals surface area contributed by atoms with Crippen LogP contribution in [0.5, 0.6) is 0 Å². The molecule has 0 heterocycles. The maximum atomic E-state index is 13.4. The van der Waals surface area contributed by atoms with Crippen molar-refractivity contribution in [2.24, 2.45) is 11.8 Å². The van der Waals surface area contributed by atoms with Gasteiger partial charge in [-0.25, -0.2) is 13.1 Å². The van der Waals surface area contributed by atoms with Crippen molar-refractivity contribution in [1.82, 2.24) is 14.9 Å². The summed E-state index contributed by atoms with van der Waals surface area (Å²) in [5.41, 5.74) is 3.04. The summed E-state index contributed by atoms with van der Waals surface area (Å²) in [7, 11) is -4.38. The van der Waals surface area contributed by atoms with Crippen LogP contribution in [0.1, 0.15) is 86.9 Å². The molecule has 0 fully saturated rings. The third kappa shape index (κ3) is 10.1. The highest BCUT2D eigenvalue weighted by molar-refractivity contribution is 7.89. The number of carbonyl (C=O) groups excluding carboxylic acids is 1. The van der Waals surface area contributed by atoms with Crippen molar-refractivity contribution in [3.8, 4) is 0 Å². The van der Waals surface area contributed by atoms with Crippen molar-refractivity contribution >= 4 is 15.9 Å². The van der Waals surface area contributed by atoms with Crippen LogP contribution in [0.2, 0.25) is 0 Å². The number of rotatable bonds is 14. The van der Waals surface area contributed by atoms with Gasteiger partial charge in [-0.05, 0) is 78.0 Å². The van der Waals surface area contributed by atoms with E-state index in [4.69, 9.17) is 0 Å². The smallest absolute Gasteiger partial charge is 0.349 e. The quantitative estimate of drug-likeness (QED) is 0.189. The highest BCUT2D eigenvalue weighted by atomic mass is 32.2. The Morgan fingerprint density at radius 2 is 1.63 bits per heavy atom. The average molecular weight is 658 g/mol. The van der Waals surface area contributed by atoms with Gasteiger partial charge in [0, 0.05) is 26.1 Å². The Morgan fingerprint density at radius 3 is 2.28 bits per heavy atom. The molecule has 0 saturated carbocycles. The van der Waals surface area contributed by atoms with Crippen LogP contribution in [0.4, 0.5) is 13.2 Å². The summed E-state index contributed by atoms with van der Waals surface area (Å²) in [4.78, 5) is 15.4. The molecule has 250 valence electrons. The van der Waals surface area contributed by atoms with Crippen LogP contribution in [0.15, 0.2) is 77.7 Å². The van der Waals surface area contributed by atoms with Gasteiger partial charge in [0.2, 0.25) is 15.9 Å². The second kappa shape index (κ2) is 15.6. The minimum Gasteiger partial charge on any atom is -0.349 e. The summed E-state index contributed by atoms with van der Waals surface area (Å²) in [6, 6.07) is 17.5. The molecule has 2 N–H and O–H groups in total. The van der Waals surface area contributed by atoms with Crippen LogP contribution in [0.25, 0.3) is 0 Å². The van der Waals surface area contributed by atoms with E-state index in [0.717, 1.165) is 69.1 Å². The van der Waals surface area contributed by atoms with Gasteiger partial charge in [0.15, 0.2) is 0 Å². The van der Waals surface area contributed by atoms with Crippen molar-refractivity contribution < 1.29 is 26.4 Å². The number of sulfonamides is 1. The number of fused-ring (bicyclic) bond motifs is 1. The molecule has 0 unspecified atom stereocenters. The Kier molecular flexibility index (Phi) is 12.1. The summed E-state index contributed by atoms with van der Waals surface area (Å²) in [5, 5.41) is 3.11. The van der Waals surface area contributed by atoms with Gasteiger partial charge < -0.3 is 10.2 Å². The van der Waals surface area contributed by atoms with Crippen LogP contribution in [0.3, 0.4) is 0 Å². The van der Waals surface area contributed by atoms with Crippen molar-refractivity contribution in [2.45, 2.75) is 83.0 Å². The van der Waals surface area contributed by atoms with Gasteiger partial charge in [-0.2, -0.15) is 13.2 Å². The number of carbonyl (C=O) groups is 1. The Labute approximate surface area is 271 Å². The largest absolute Gasteiger partial charge is 0.416 e. The minimum absolute atomic E-state index is 0.208. The third-order valence-electron chi connectivity index (χ3n) is 8.18. The molecule has 0 bridgehead atoms. The van der Waals surface area contributed by atoms with Crippen molar-refractivity contribution in [3.63, 3.8) is 0 Å². The lowest BCUT2D eigenvalue weighted by atomic mass is 9.86. The fourth-order valence-electron chi connectivity index (χ4n) is 6.20. The van der Waals surface area contributed by atoms with E-state index < -0.39 is 32.7 Å². The lowest BCUT2D eigenvalue weighted by Gasteiger charge is -2.29. The Balaban J connectivity index is 1.46. The molecule has 10 heteroatoms. The molecular weight excluding hydrogens is 611 g/mol. The molecule has 3 aromatic carbocycles. The number of benzene rings is 3. The van der Waals surface area contributed by atoms with Gasteiger partial charge in [-0.15, -0.1) is 0 Å². The zero-order chi connectivity index (χ0) is 33.5. The number of halogens is 3. The predicted octanol–water partition coefficient (Wildman–Crippen LogP) is 7.47. The minimum atomic E-state index is -4.69. The van der Waals surface area contributed by atoms with Gasteiger partial charge in [0.25, 0.3) is 0 Å². The Bertz CT molecular complexity index is 1550. The number of nitrogens with one attached hydrogen (secondary N) is 2. The monoisotopic (exact) mass is 657 g/mol. The number of nitrogens with zero attached hydrogens (tertiary/aromatic N) is 1. The molecule has 1 aliphatic carbocycles. The van der Waals surface area contributed by atoms with Gasteiger partial charge in [-0.3, -0.25) is 4.79 Å². The molecule has 1 aliphatic rings. The lowest BCUT2D eigenvalue weighted by Crippen LogP contribution is -2.36. The SMILES string of the molecule is CC(C)CN(CCc1ccc2c(c1)CCC[C@H]2NC(=O)C[C@@H](NS(=O)(=O)c1cccc(C(F)(F)F)c1)c1ccccc1)CC(C)C. The molecule has 0 aromatic heterocycles. The number of hydrogen-bond donors (Lipinski definition) is 2. The lowest BCUT2D eigenvalue weighted by molar-refractivity contribution is -0.137. The van der Waals surface area contributed by atoms with Crippen LogP contribution < -0.4 is 10.0 Å². The first kappa shape index (κ1) is 35.6. The number of aryl methyl sites for hydroxylation is 1. The topological polar surface area (TPSA) is 78.5 Å². The summed E-state index contributed by atoms with van der Waals surface area (Å²) in [6.45, 7) is 12.1. The Hall–Kier alpha value is -3.21. The number of alkyl halides is 3. The highest BCUT2D eigenvalue weighted by Crippen LogP contribution is 2.33. The van der Waals surface area contributed by atoms with Gasteiger partial charge in [0.05, 0.1) is 22.5 Å². The first-order valence-corrected chi connectivity index (χ1v) is 17.6. The average Bonchev–Trinajstić information content (AvgIpc) is 2.99. The predicted molar refractivity (Wildman–Crippen MR) is 176 cm³/mol. The fraction of sp³-hybridized carbons (Fsp3) is 0.472. The first-order valence-electron chi connectivity index (χ1n) is 16.1. The zero-order valence-corrected chi connectivity index (χ0v) is 27.9. The standard InChI is InChI=1S/C36H46F3N3O3S/c1-25(2)23-42(24-26(3)4)19-18-27-16-17-32-29(20-27)12-8-15-33(32)40-35(43)22-34(28-10-6-5-7-11-28)41-46(44,45)31-14-9-13-30(21-31)36(37,38)39/h5-7,9-11,13-14,16-17,20-21,25-26,33-34,41H,8,12,15,18-19,22-24H2,1-4H3,(H,40,43)/t33-,34-/m1/s1. The summed E-state index contributed by atoms with van der Waals surface area (Å²) >= 11 is 0. The van der Waals surface area contributed by atoms with E-state index in [9.17, 15) is 26.4 Å². The molecule has 4 rings (SSSR count). The first-order chi connectivity index (χ1) is 21.7. The second-order valence-electron chi connectivity index (χ2n) is 13.2. The van der Waals surface area contributed by atoms with Crippen LogP contribution in [0, 0.1) is 11.8 Å². The molecule has 1 amide bonds. The van der Waals surface area contributed by atoms with Gasteiger partial charge in [-0.1, -0.05) is 82.3 Å². The highest BCUT2D eigenvalue weighted by Gasteiger charge is 2.33. The van der Waals surface area contributed by atoms with Crippen molar-refractivity contribution in [1.29, 1.82) is 0 Å². The Morgan fingerprint density at radius 1 is 0.935 bits per heavy atom.